The van der Waals surface area contributed by atoms with Crippen LogP contribution in [0.15, 0.2) is 46.9 Å². The summed E-state index contributed by atoms with van der Waals surface area (Å²) in [4.78, 5) is 8.99. The fourth-order valence-corrected chi connectivity index (χ4v) is 2.21. The lowest BCUT2D eigenvalue weighted by Crippen LogP contribution is -2.02. The molecule has 21 heavy (non-hydrogen) atoms. The van der Waals surface area contributed by atoms with Crippen molar-refractivity contribution in [2.75, 3.05) is 5.73 Å². The summed E-state index contributed by atoms with van der Waals surface area (Å²) < 4.78 is 5.72. The second kappa shape index (κ2) is 5.40. The second-order valence-electron chi connectivity index (χ2n) is 4.89. The number of aromatic nitrogens is 2. The third-order valence-corrected chi connectivity index (χ3v) is 3.46. The van der Waals surface area contributed by atoms with Crippen LogP contribution in [0.25, 0.3) is 22.8 Å². The van der Waals surface area contributed by atoms with Gasteiger partial charge in [0.25, 0.3) is 0 Å². The monoisotopic (exact) mass is 279 g/mol. The SMILES string of the molecule is CCc1ccc(-c2nc(N)c(C)c(-c3ccccc3)n2)o1. The Morgan fingerprint density at radius 3 is 2.48 bits per heavy atom. The highest BCUT2D eigenvalue weighted by molar-refractivity contribution is 5.69. The zero-order valence-electron chi connectivity index (χ0n) is 12.1. The van der Waals surface area contributed by atoms with E-state index in [1.165, 1.54) is 0 Å². The highest BCUT2D eigenvalue weighted by atomic mass is 16.3. The van der Waals surface area contributed by atoms with Gasteiger partial charge in [-0.1, -0.05) is 37.3 Å². The first-order valence-electron chi connectivity index (χ1n) is 6.97. The number of nitrogens with zero attached hydrogens (tertiary/aromatic N) is 2. The van der Waals surface area contributed by atoms with Crippen LogP contribution in [0.2, 0.25) is 0 Å². The minimum atomic E-state index is 0.480. The molecule has 1 aromatic carbocycles. The van der Waals surface area contributed by atoms with E-state index in [9.17, 15) is 0 Å². The normalized spacial score (nSPS) is 10.8. The van der Waals surface area contributed by atoms with Crippen LogP contribution >= 0.6 is 0 Å². The van der Waals surface area contributed by atoms with E-state index in [0.717, 1.165) is 29.0 Å². The zero-order chi connectivity index (χ0) is 14.8. The number of nitrogens with two attached hydrogens (primary N) is 1. The van der Waals surface area contributed by atoms with Gasteiger partial charge in [0.15, 0.2) is 11.6 Å². The number of hydrogen-bond acceptors (Lipinski definition) is 4. The zero-order valence-corrected chi connectivity index (χ0v) is 12.1. The van der Waals surface area contributed by atoms with Crippen molar-refractivity contribution in [3.05, 3.63) is 53.8 Å². The number of aryl methyl sites for hydroxylation is 1. The van der Waals surface area contributed by atoms with Crippen molar-refractivity contribution in [2.45, 2.75) is 20.3 Å². The van der Waals surface area contributed by atoms with Gasteiger partial charge in [-0.2, -0.15) is 0 Å². The molecule has 2 aromatic heterocycles. The van der Waals surface area contributed by atoms with Crippen LogP contribution in [-0.4, -0.2) is 9.97 Å². The molecule has 106 valence electrons. The first kappa shape index (κ1) is 13.4. The quantitative estimate of drug-likeness (QED) is 0.790. The van der Waals surface area contributed by atoms with Gasteiger partial charge in [-0.05, 0) is 19.1 Å². The predicted octanol–water partition coefficient (Wildman–Crippen LogP) is 3.86. The lowest BCUT2D eigenvalue weighted by Gasteiger charge is -2.09. The van der Waals surface area contributed by atoms with Crippen molar-refractivity contribution in [1.29, 1.82) is 0 Å². The number of benzene rings is 1. The summed E-state index contributed by atoms with van der Waals surface area (Å²) in [6.45, 7) is 3.98. The number of rotatable bonds is 3. The first-order chi connectivity index (χ1) is 10.2. The minimum absolute atomic E-state index is 0.480. The van der Waals surface area contributed by atoms with E-state index in [1.54, 1.807) is 0 Å². The Morgan fingerprint density at radius 1 is 1.05 bits per heavy atom. The van der Waals surface area contributed by atoms with E-state index in [0.29, 0.717) is 17.4 Å². The highest BCUT2D eigenvalue weighted by Crippen LogP contribution is 2.28. The molecule has 4 heteroatoms. The summed E-state index contributed by atoms with van der Waals surface area (Å²) >= 11 is 0. The lowest BCUT2D eigenvalue weighted by molar-refractivity contribution is 0.525. The molecule has 3 aromatic rings. The average molecular weight is 279 g/mol. The van der Waals surface area contributed by atoms with Gasteiger partial charge >= 0.3 is 0 Å². The summed E-state index contributed by atoms with van der Waals surface area (Å²) in [6.07, 6.45) is 0.840. The molecule has 0 spiro atoms. The molecule has 4 nitrogen and oxygen atoms in total. The van der Waals surface area contributed by atoms with Gasteiger partial charge in [0, 0.05) is 17.5 Å². The molecule has 2 N–H and O–H groups in total. The van der Waals surface area contributed by atoms with E-state index >= 15 is 0 Å². The lowest BCUT2D eigenvalue weighted by atomic mass is 10.1. The standard InChI is InChI=1S/C17H17N3O/c1-3-13-9-10-14(21-13)17-19-15(11(2)16(18)20-17)12-7-5-4-6-8-12/h4-10H,3H2,1-2H3,(H2,18,19,20). The summed E-state index contributed by atoms with van der Waals surface area (Å²) in [7, 11) is 0. The average Bonchev–Trinajstić information content (AvgIpc) is 3.00. The van der Waals surface area contributed by atoms with Gasteiger partial charge in [-0.15, -0.1) is 0 Å². The molecule has 2 heterocycles. The van der Waals surface area contributed by atoms with E-state index in [1.807, 2.05) is 56.3 Å². The molecule has 0 bridgehead atoms. The third-order valence-electron chi connectivity index (χ3n) is 3.46. The maximum Gasteiger partial charge on any atom is 0.198 e. The molecule has 0 atom stereocenters. The van der Waals surface area contributed by atoms with Gasteiger partial charge in [0.1, 0.15) is 11.6 Å². The molecule has 0 aliphatic carbocycles. The number of nitrogen functional groups attached to an aromatic ring is 1. The molecule has 0 saturated heterocycles. The largest absolute Gasteiger partial charge is 0.458 e. The smallest absolute Gasteiger partial charge is 0.198 e. The van der Waals surface area contributed by atoms with Gasteiger partial charge in [0.2, 0.25) is 0 Å². The Kier molecular flexibility index (Phi) is 3.44. The van der Waals surface area contributed by atoms with Crippen LogP contribution in [0, 0.1) is 6.92 Å². The van der Waals surface area contributed by atoms with Crippen LogP contribution < -0.4 is 5.73 Å². The maximum atomic E-state index is 6.04. The van der Waals surface area contributed by atoms with E-state index < -0.39 is 0 Å². The van der Waals surface area contributed by atoms with Crippen molar-refractivity contribution in [2.24, 2.45) is 0 Å². The molecule has 0 aliphatic rings. The molecule has 0 saturated carbocycles. The predicted molar refractivity (Wildman–Crippen MR) is 83.7 cm³/mol. The van der Waals surface area contributed by atoms with Crippen LogP contribution in [-0.2, 0) is 6.42 Å². The molecular formula is C17H17N3O. The van der Waals surface area contributed by atoms with E-state index in [-0.39, 0.29) is 0 Å². The fourth-order valence-electron chi connectivity index (χ4n) is 2.21. The van der Waals surface area contributed by atoms with Crippen molar-refractivity contribution < 1.29 is 4.42 Å². The topological polar surface area (TPSA) is 64.9 Å². The first-order valence-corrected chi connectivity index (χ1v) is 6.97. The maximum absolute atomic E-state index is 6.04. The molecule has 0 amide bonds. The Labute approximate surface area is 123 Å². The molecule has 0 fully saturated rings. The fraction of sp³-hybridized carbons (Fsp3) is 0.176. The number of anilines is 1. The van der Waals surface area contributed by atoms with Gasteiger partial charge in [-0.3, -0.25) is 0 Å². The van der Waals surface area contributed by atoms with Gasteiger partial charge < -0.3 is 10.2 Å². The summed E-state index contributed by atoms with van der Waals surface area (Å²) in [5.41, 5.74) is 8.79. The van der Waals surface area contributed by atoms with E-state index in [2.05, 4.69) is 9.97 Å². The summed E-state index contributed by atoms with van der Waals surface area (Å²) in [6, 6.07) is 13.8. The van der Waals surface area contributed by atoms with Crippen molar-refractivity contribution in [3.63, 3.8) is 0 Å². The molecular weight excluding hydrogens is 262 g/mol. The number of hydrogen-bond donors (Lipinski definition) is 1. The Bertz CT molecular complexity index is 763. The third kappa shape index (κ3) is 2.52. The minimum Gasteiger partial charge on any atom is -0.458 e. The van der Waals surface area contributed by atoms with Crippen LogP contribution in [0.3, 0.4) is 0 Å². The van der Waals surface area contributed by atoms with Gasteiger partial charge in [0.05, 0.1) is 5.69 Å². The van der Waals surface area contributed by atoms with Crippen molar-refractivity contribution >= 4 is 5.82 Å². The van der Waals surface area contributed by atoms with Crippen molar-refractivity contribution in [1.82, 2.24) is 9.97 Å². The molecule has 0 aliphatic heterocycles. The molecule has 0 radical (unpaired) electrons. The van der Waals surface area contributed by atoms with E-state index in [4.69, 9.17) is 10.2 Å². The highest BCUT2D eigenvalue weighted by Gasteiger charge is 2.14. The van der Waals surface area contributed by atoms with Crippen LogP contribution in [0.5, 0.6) is 0 Å². The number of furan rings is 1. The molecule has 3 rings (SSSR count). The summed E-state index contributed by atoms with van der Waals surface area (Å²) in [5, 5.41) is 0. The van der Waals surface area contributed by atoms with Crippen molar-refractivity contribution in [3.8, 4) is 22.8 Å². The van der Waals surface area contributed by atoms with Crippen LogP contribution in [0.1, 0.15) is 18.2 Å². The Balaban J connectivity index is 2.14. The summed E-state index contributed by atoms with van der Waals surface area (Å²) in [5.74, 6) is 2.56. The Morgan fingerprint density at radius 2 is 1.81 bits per heavy atom. The Hall–Kier alpha value is -2.62. The van der Waals surface area contributed by atoms with Crippen LogP contribution in [0.4, 0.5) is 5.82 Å². The molecule has 0 unspecified atom stereocenters. The van der Waals surface area contributed by atoms with Gasteiger partial charge in [-0.25, -0.2) is 9.97 Å². The second-order valence-corrected chi connectivity index (χ2v) is 4.89.